The molecule has 3 rings (SSSR count). The zero-order valence-electron chi connectivity index (χ0n) is 11.5. The fourth-order valence-corrected chi connectivity index (χ4v) is 3.11. The van der Waals surface area contributed by atoms with Gasteiger partial charge in [0.15, 0.2) is 0 Å². The third-order valence-corrected chi connectivity index (χ3v) is 4.54. The van der Waals surface area contributed by atoms with E-state index in [1.807, 2.05) is 41.8 Å². The lowest BCUT2D eigenvalue weighted by molar-refractivity contribution is 0.0950. The van der Waals surface area contributed by atoms with Crippen LogP contribution in [0.25, 0.3) is 11.4 Å². The first-order chi connectivity index (χ1) is 10.7. The quantitative estimate of drug-likeness (QED) is 0.754. The van der Waals surface area contributed by atoms with Gasteiger partial charge in [0, 0.05) is 16.0 Å². The summed E-state index contributed by atoms with van der Waals surface area (Å²) in [5, 5.41) is 5.67. The molecule has 0 fully saturated rings. The number of hydrogen-bond acceptors (Lipinski definition) is 4. The molecule has 0 aliphatic rings. The maximum Gasteiger partial charge on any atom is 0.252 e. The number of carbonyl (C=O) groups excluding carboxylic acids is 1. The van der Waals surface area contributed by atoms with Crippen LogP contribution in [0.4, 0.5) is 0 Å². The molecule has 1 amide bonds. The summed E-state index contributed by atoms with van der Waals surface area (Å²) >= 11 is 4.88. The van der Waals surface area contributed by atoms with E-state index in [9.17, 15) is 4.79 Å². The lowest BCUT2D eigenvalue weighted by atomic mass is 10.2. The summed E-state index contributed by atoms with van der Waals surface area (Å²) in [5.41, 5.74) is 2.28. The number of benzene rings is 1. The molecule has 2 aromatic heterocycles. The van der Waals surface area contributed by atoms with Gasteiger partial charge in [-0.3, -0.25) is 9.78 Å². The van der Waals surface area contributed by atoms with Crippen LogP contribution in [0.2, 0.25) is 0 Å². The SMILES string of the molecule is O=C(NCc1nc(-c2ccccn2)cs1)c1ccccc1Br. The van der Waals surface area contributed by atoms with Gasteiger partial charge in [0.05, 0.1) is 23.5 Å². The van der Waals surface area contributed by atoms with E-state index < -0.39 is 0 Å². The molecule has 1 aromatic carbocycles. The highest BCUT2D eigenvalue weighted by Gasteiger charge is 2.10. The van der Waals surface area contributed by atoms with Gasteiger partial charge >= 0.3 is 0 Å². The Labute approximate surface area is 140 Å². The van der Waals surface area contributed by atoms with Gasteiger partial charge in [0.25, 0.3) is 5.91 Å². The maximum absolute atomic E-state index is 12.1. The van der Waals surface area contributed by atoms with Crippen LogP contribution in [-0.4, -0.2) is 15.9 Å². The standard InChI is InChI=1S/C16H12BrN3OS/c17-12-6-2-1-5-11(12)16(21)19-9-15-20-14(10-22-15)13-7-3-4-8-18-13/h1-8,10H,9H2,(H,19,21). The van der Waals surface area contributed by atoms with E-state index in [0.29, 0.717) is 12.1 Å². The van der Waals surface area contributed by atoms with Crippen molar-refractivity contribution in [3.63, 3.8) is 0 Å². The highest BCUT2D eigenvalue weighted by Crippen LogP contribution is 2.20. The molecule has 4 nitrogen and oxygen atoms in total. The largest absolute Gasteiger partial charge is 0.345 e. The summed E-state index contributed by atoms with van der Waals surface area (Å²) in [4.78, 5) is 20.9. The van der Waals surface area contributed by atoms with Crippen LogP contribution in [-0.2, 0) is 6.54 Å². The van der Waals surface area contributed by atoms with E-state index in [2.05, 4.69) is 31.2 Å². The van der Waals surface area contributed by atoms with Gasteiger partial charge in [0.2, 0.25) is 0 Å². The van der Waals surface area contributed by atoms with Crippen LogP contribution < -0.4 is 5.32 Å². The second-order valence-corrected chi connectivity index (χ2v) is 6.30. The van der Waals surface area contributed by atoms with Crippen molar-refractivity contribution in [2.45, 2.75) is 6.54 Å². The Morgan fingerprint density at radius 2 is 1.95 bits per heavy atom. The molecule has 3 aromatic rings. The van der Waals surface area contributed by atoms with Crippen LogP contribution >= 0.6 is 27.3 Å². The first kappa shape index (κ1) is 14.9. The van der Waals surface area contributed by atoms with E-state index in [1.165, 1.54) is 11.3 Å². The smallest absolute Gasteiger partial charge is 0.252 e. The highest BCUT2D eigenvalue weighted by molar-refractivity contribution is 9.10. The number of rotatable bonds is 4. The van der Waals surface area contributed by atoms with Crippen molar-refractivity contribution >= 4 is 33.2 Å². The Hall–Kier alpha value is -2.05. The Morgan fingerprint density at radius 1 is 1.14 bits per heavy atom. The van der Waals surface area contributed by atoms with Crippen molar-refractivity contribution < 1.29 is 4.79 Å². The number of carbonyl (C=O) groups is 1. The highest BCUT2D eigenvalue weighted by atomic mass is 79.9. The second-order valence-electron chi connectivity index (χ2n) is 4.50. The van der Waals surface area contributed by atoms with Gasteiger partial charge < -0.3 is 5.32 Å². The molecular weight excluding hydrogens is 362 g/mol. The van der Waals surface area contributed by atoms with Gasteiger partial charge in [0.1, 0.15) is 5.01 Å². The fraction of sp³-hybridized carbons (Fsp3) is 0.0625. The molecule has 0 aliphatic heterocycles. The predicted octanol–water partition coefficient (Wildman–Crippen LogP) is 3.90. The van der Waals surface area contributed by atoms with Crippen molar-refractivity contribution in [2.24, 2.45) is 0 Å². The minimum absolute atomic E-state index is 0.123. The molecule has 0 atom stereocenters. The fourth-order valence-electron chi connectivity index (χ4n) is 1.92. The monoisotopic (exact) mass is 373 g/mol. The molecule has 6 heteroatoms. The van der Waals surface area contributed by atoms with Crippen LogP contribution in [0.5, 0.6) is 0 Å². The normalized spacial score (nSPS) is 10.4. The first-order valence-electron chi connectivity index (χ1n) is 6.62. The average Bonchev–Trinajstić information content (AvgIpc) is 3.03. The summed E-state index contributed by atoms with van der Waals surface area (Å²) in [7, 11) is 0. The lowest BCUT2D eigenvalue weighted by Crippen LogP contribution is -2.23. The summed E-state index contributed by atoms with van der Waals surface area (Å²) < 4.78 is 0.779. The van der Waals surface area contributed by atoms with Crippen molar-refractivity contribution in [2.75, 3.05) is 0 Å². The van der Waals surface area contributed by atoms with Crippen LogP contribution in [0.1, 0.15) is 15.4 Å². The Kier molecular flexibility index (Phi) is 4.60. The Bertz CT molecular complexity index is 789. The summed E-state index contributed by atoms with van der Waals surface area (Å²) in [6.07, 6.45) is 1.74. The lowest BCUT2D eigenvalue weighted by Gasteiger charge is -2.04. The second kappa shape index (κ2) is 6.81. The molecule has 0 unspecified atom stereocenters. The molecule has 0 radical (unpaired) electrons. The minimum Gasteiger partial charge on any atom is -0.345 e. The van der Waals surface area contributed by atoms with Crippen molar-refractivity contribution in [1.82, 2.24) is 15.3 Å². The number of pyridine rings is 1. The summed E-state index contributed by atoms with van der Waals surface area (Å²) in [5.74, 6) is -0.123. The maximum atomic E-state index is 12.1. The van der Waals surface area contributed by atoms with Gasteiger partial charge in [-0.1, -0.05) is 18.2 Å². The number of amides is 1. The Morgan fingerprint density at radius 3 is 2.73 bits per heavy atom. The molecule has 0 aliphatic carbocycles. The van der Waals surface area contributed by atoms with Gasteiger partial charge in [-0.05, 0) is 40.2 Å². The van der Waals surface area contributed by atoms with Crippen molar-refractivity contribution in [3.8, 4) is 11.4 Å². The molecule has 0 saturated carbocycles. The Balaban J connectivity index is 1.67. The van der Waals surface area contributed by atoms with Crippen LogP contribution in [0, 0.1) is 0 Å². The topological polar surface area (TPSA) is 54.9 Å². The molecule has 0 bridgehead atoms. The molecule has 110 valence electrons. The van der Waals surface area contributed by atoms with Crippen molar-refractivity contribution in [3.05, 3.63) is 69.1 Å². The number of halogens is 1. The number of nitrogens with zero attached hydrogens (tertiary/aromatic N) is 2. The zero-order valence-corrected chi connectivity index (χ0v) is 13.9. The summed E-state index contributed by atoms with van der Waals surface area (Å²) in [6, 6.07) is 13.0. The summed E-state index contributed by atoms with van der Waals surface area (Å²) in [6.45, 7) is 0.400. The predicted molar refractivity (Wildman–Crippen MR) is 90.7 cm³/mol. The van der Waals surface area contributed by atoms with E-state index in [1.54, 1.807) is 12.3 Å². The molecule has 22 heavy (non-hydrogen) atoms. The van der Waals surface area contributed by atoms with E-state index in [-0.39, 0.29) is 5.91 Å². The van der Waals surface area contributed by atoms with Gasteiger partial charge in [-0.25, -0.2) is 4.98 Å². The molecule has 1 N–H and O–H groups in total. The number of hydrogen-bond donors (Lipinski definition) is 1. The van der Waals surface area contributed by atoms with Gasteiger partial charge in [-0.2, -0.15) is 0 Å². The van der Waals surface area contributed by atoms with Crippen molar-refractivity contribution in [1.29, 1.82) is 0 Å². The number of nitrogens with one attached hydrogen (secondary N) is 1. The first-order valence-corrected chi connectivity index (χ1v) is 8.30. The minimum atomic E-state index is -0.123. The number of aromatic nitrogens is 2. The average molecular weight is 374 g/mol. The van der Waals surface area contributed by atoms with E-state index >= 15 is 0 Å². The molecule has 2 heterocycles. The molecule has 0 saturated heterocycles. The molecule has 0 spiro atoms. The van der Waals surface area contributed by atoms with E-state index in [0.717, 1.165) is 20.9 Å². The molecular formula is C16H12BrN3OS. The van der Waals surface area contributed by atoms with Crippen LogP contribution in [0.3, 0.4) is 0 Å². The number of thiazole rings is 1. The van der Waals surface area contributed by atoms with Gasteiger partial charge in [-0.15, -0.1) is 11.3 Å². The third-order valence-electron chi connectivity index (χ3n) is 3.00. The van der Waals surface area contributed by atoms with Crippen LogP contribution in [0.15, 0.2) is 58.5 Å². The van der Waals surface area contributed by atoms with E-state index in [4.69, 9.17) is 0 Å². The third kappa shape index (κ3) is 3.40. The zero-order chi connectivity index (χ0) is 15.4.